The number of nitrogens with one attached hydrogen (secondary N) is 2. The lowest BCUT2D eigenvalue weighted by atomic mass is 10.1. The smallest absolute Gasteiger partial charge is 0.267 e. The van der Waals surface area contributed by atoms with Gasteiger partial charge in [-0.25, -0.2) is 4.98 Å². The van der Waals surface area contributed by atoms with Crippen LogP contribution in [0.25, 0.3) is 16.7 Å². The minimum atomic E-state index is -0.339. The summed E-state index contributed by atoms with van der Waals surface area (Å²) in [6.45, 7) is 5.01. The normalized spacial score (nSPS) is 11.2. The maximum atomic E-state index is 13.5. The molecule has 4 rings (SSSR count). The van der Waals surface area contributed by atoms with Crippen LogP contribution in [-0.4, -0.2) is 33.5 Å². The molecular weight excluding hydrogens is 466 g/mol. The molecule has 0 saturated heterocycles. The molecule has 4 aromatic rings. The average Bonchev–Trinajstić information content (AvgIpc) is 2.91. The second-order valence-corrected chi connectivity index (χ2v) is 9.37. The number of ether oxygens (including phenoxy) is 1. The number of carbonyl (C=O) groups excluding carboxylic acids is 1. The molecule has 37 heavy (non-hydrogen) atoms. The number of aryl methyl sites for hydroxylation is 3. The SMILES string of the molecule is CCCCCCCNC(=O)c1cc2c(=O)n3cccc(C)c3nc2n(CCc2ccc(OC)cc2)c1=N. The largest absolute Gasteiger partial charge is 0.497 e. The van der Waals surface area contributed by atoms with E-state index in [1.807, 2.05) is 37.3 Å². The van der Waals surface area contributed by atoms with Gasteiger partial charge in [0.2, 0.25) is 0 Å². The van der Waals surface area contributed by atoms with Crippen molar-refractivity contribution in [2.24, 2.45) is 0 Å². The summed E-state index contributed by atoms with van der Waals surface area (Å²) in [5.41, 5.74) is 2.85. The van der Waals surface area contributed by atoms with Gasteiger partial charge in [-0.1, -0.05) is 50.8 Å². The zero-order valence-corrected chi connectivity index (χ0v) is 21.8. The molecule has 0 saturated carbocycles. The topological polar surface area (TPSA) is 101 Å². The summed E-state index contributed by atoms with van der Waals surface area (Å²) in [6.07, 6.45) is 7.73. The fourth-order valence-electron chi connectivity index (χ4n) is 4.55. The van der Waals surface area contributed by atoms with Crippen LogP contribution in [0.4, 0.5) is 0 Å². The van der Waals surface area contributed by atoms with Crippen molar-refractivity contribution < 1.29 is 9.53 Å². The maximum Gasteiger partial charge on any atom is 0.267 e. The molecule has 0 unspecified atom stereocenters. The van der Waals surface area contributed by atoms with Gasteiger partial charge in [-0.2, -0.15) is 0 Å². The van der Waals surface area contributed by atoms with Crippen molar-refractivity contribution in [3.63, 3.8) is 0 Å². The molecule has 1 amide bonds. The van der Waals surface area contributed by atoms with Gasteiger partial charge in [0, 0.05) is 19.3 Å². The highest BCUT2D eigenvalue weighted by molar-refractivity contribution is 5.96. The number of pyridine rings is 2. The third kappa shape index (κ3) is 5.74. The van der Waals surface area contributed by atoms with Crippen molar-refractivity contribution in [3.05, 3.63) is 81.2 Å². The van der Waals surface area contributed by atoms with E-state index in [0.29, 0.717) is 36.2 Å². The Morgan fingerprint density at radius 2 is 1.84 bits per heavy atom. The zero-order valence-electron chi connectivity index (χ0n) is 21.8. The summed E-state index contributed by atoms with van der Waals surface area (Å²) in [5.74, 6) is 0.433. The molecule has 0 aliphatic carbocycles. The van der Waals surface area contributed by atoms with Crippen molar-refractivity contribution in [3.8, 4) is 5.75 Å². The van der Waals surface area contributed by atoms with E-state index in [-0.39, 0.29) is 22.5 Å². The Morgan fingerprint density at radius 1 is 1.08 bits per heavy atom. The Bertz CT molecular complexity index is 1520. The fraction of sp³-hybridized carbons (Fsp3) is 0.379. The zero-order chi connectivity index (χ0) is 26.4. The Balaban J connectivity index is 1.74. The summed E-state index contributed by atoms with van der Waals surface area (Å²) < 4.78 is 8.44. The van der Waals surface area contributed by atoms with Gasteiger partial charge < -0.3 is 14.6 Å². The molecule has 0 aliphatic rings. The maximum absolute atomic E-state index is 13.5. The van der Waals surface area contributed by atoms with Gasteiger partial charge in [0.1, 0.15) is 22.5 Å². The third-order valence-electron chi connectivity index (χ3n) is 6.73. The number of rotatable bonds is 11. The van der Waals surface area contributed by atoms with Gasteiger partial charge in [-0.3, -0.25) is 19.4 Å². The van der Waals surface area contributed by atoms with E-state index >= 15 is 0 Å². The molecule has 0 bridgehead atoms. The van der Waals surface area contributed by atoms with Crippen LogP contribution in [0.1, 0.15) is 60.5 Å². The number of hydrogen-bond donors (Lipinski definition) is 2. The molecule has 3 aromatic heterocycles. The second-order valence-electron chi connectivity index (χ2n) is 9.37. The quantitative estimate of drug-likeness (QED) is 0.235. The number of nitrogens with zero attached hydrogens (tertiary/aromatic N) is 3. The van der Waals surface area contributed by atoms with Gasteiger partial charge >= 0.3 is 0 Å². The molecule has 0 fully saturated rings. The average molecular weight is 502 g/mol. The first kappa shape index (κ1) is 26.1. The highest BCUT2D eigenvalue weighted by Crippen LogP contribution is 2.15. The number of methoxy groups -OCH3 is 1. The second kappa shape index (κ2) is 11.9. The number of unbranched alkanes of at least 4 members (excludes halogenated alkanes) is 4. The number of benzene rings is 1. The van der Waals surface area contributed by atoms with E-state index in [1.165, 1.54) is 23.3 Å². The lowest BCUT2D eigenvalue weighted by molar-refractivity contribution is 0.0950. The van der Waals surface area contributed by atoms with E-state index in [4.69, 9.17) is 15.1 Å². The fourth-order valence-corrected chi connectivity index (χ4v) is 4.55. The molecule has 3 heterocycles. The van der Waals surface area contributed by atoms with E-state index < -0.39 is 0 Å². The molecule has 0 radical (unpaired) electrons. The summed E-state index contributed by atoms with van der Waals surface area (Å²) in [4.78, 5) is 31.4. The minimum Gasteiger partial charge on any atom is -0.497 e. The first-order valence-electron chi connectivity index (χ1n) is 13.0. The van der Waals surface area contributed by atoms with Crippen LogP contribution in [0.15, 0.2) is 53.5 Å². The van der Waals surface area contributed by atoms with Crippen molar-refractivity contribution in [1.29, 1.82) is 5.41 Å². The number of hydrogen-bond acceptors (Lipinski definition) is 5. The molecule has 2 N–H and O–H groups in total. The molecule has 0 atom stereocenters. The Morgan fingerprint density at radius 3 is 2.57 bits per heavy atom. The Labute approximate surface area is 216 Å². The minimum absolute atomic E-state index is 0.0503. The van der Waals surface area contributed by atoms with Crippen molar-refractivity contribution in [2.45, 2.75) is 58.9 Å². The third-order valence-corrected chi connectivity index (χ3v) is 6.73. The van der Waals surface area contributed by atoms with Crippen LogP contribution in [0.5, 0.6) is 5.75 Å². The number of carbonyl (C=O) groups is 1. The lowest BCUT2D eigenvalue weighted by Gasteiger charge is -2.15. The molecule has 8 nitrogen and oxygen atoms in total. The van der Waals surface area contributed by atoms with Crippen LogP contribution >= 0.6 is 0 Å². The van der Waals surface area contributed by atoms with Crippen LogP contribution < -0.4 is 21.1 Å². The monoisotopic (exact) mass is 501 g/mol. The Kier molecular flexibility index (Phi) is 8.38. The first-order chi connectivity index (χ1) is 17.9. The van der Waals surface area contributed by atoms with Crippen molar-refractivity contribution in [2.75, 3.05) is 13.7 Å². The standard InChI is InChI=1S/C29H35N5O3/c1-4-5-6-7-8-16-31-28(35)23-19-24-27(32-26-20(2)10-9-17-34(26)29(24)36)33(25(23)30)18-15-21-11-13-22(37-3)14-12-21/h9-14,17,19,30H,4-8,15-16,18H2,1-3H3,(H,31,35). The molecule has 0 spiro atoms. The van der Waals surface area contributed by atoms with E-state index in [9.17, 15) is 9.59 Å². The van der Waals surface area contributed by atoms with Gasteiger partial charge in [-0.05, 0) is 55.2 Å². The Hall–Kier alpha value is -3.94. The number of amides is 1. The van der Waals surface area contributed by atoms with Gasteiger partial charge in [0.15, 0.2) is 0 Å². The van der Waals surface area contributed by atoms with Crippen LogP contribution in [0.2, 0.25) is 0 Å². The molecular formula is C29H35N5O3. The van der Waals surface area contributed by atoms with E-state index in [1.54, 1.807) is 23.9 Å². The first-order valence-corrected chi connectivity index (χ1v) is 13.0. The van der Waals surface area contributed by atoms with Crippen LogP contribution in [-0.2, 0) is 13.0 Å². The predicted molar refractivity (Wildman–Crippen MR) is 145 cm³/mol. The van der Waals surface area contributed by atoms with Crippen LogP contribution in [0.3, 0.4) is 0 Å². The predicted octanol–water partition coefficient (Wildman–Crippen LogP) is 4.39. The summed E-state index contributed by atoms with van der Waals surface area (Å²) in [5, 5.41) is 12.2. The van der Waals surface area contributed by atoms with Gasteiger partial charge in [0.25, 0.3) is 11.5 Å². The van der Waals surface area contributed by atoms with E-state index in [0.717, 1.165) is 36.1 Å². The molecule has 8 heteroatoms. The van der Waals surface area contributed by atoms with Crippen LogP contribution in [0, 0.1) is 12.3 Å². The summed E-state index contributed by atoms with van der Waals surface area (Å²) >= 11 is 0. The van der Waals surface area contributed by atoms with E-state index in [2.05, 4.69) is 12.2 Å². The number of fused-ring (bicyclic) bond motifs is 2. The lowest BCUT2D eigenvalue weighted by Crippen LogP contribution is -2.35. The molecule has 0 aliphatic heterocycles. The van der Waals surface area contributed by atoms with Crippen molar-refractivity contribution in [1.82, 2.24) is 19.3 Å². The molecule has 1 aromatic carbocycles. The van der Waals surface area contributed by atoms with Crippen molar-refractivity contribution >= 4 is 22.6 Å². The summed E-state index contributed by atoms with van der Waals surface area (Å²) in [7, 11) is 1.63. The highest BCUT2D eigenvalue weighted by Gasteiger charge is 2.18. The molecule has 194 valence electrons. The summed E-state index contributed by atoms with van der Waals surface area (Å²) in [6, 6.07) is 13.0. The number of aromatic nitrogens is 3. The highest BCUT2D eigenvalue weighted by atomic mass is 16.5. The van der Waals surface area contributed by atoms with Gasteiger partial charge in [0.05, 0.1) is 18.1 Å². The van der Waals surface area contributed by atoms with Gasteiger partial charge in [-0.15, -0.1) is 0 Å².